The molecule has 0 aliphatic rings. The van der Waals surface area contributed by atoms with Gasteiger partial charge in [-0.15, -0.1) is 0 Å². The zero-order valence-corrected chi connectivity index (χ0v) is 20.9. The zero-order valence-electron chi connectivity index (χ0n) is 20.1. The quantitative estimate of drug-likeness (QED) is 0.0937. The predicted octanol–water partition coefficient (Wildman–Crippen LogP) is 5.49. The highest BCUT2D eigenvalue weighted by Crippen LogP contribution is 2.32. The number of aromatic amines is 1. The average molecular weight is 584 g/mol. The van der Waals surface area contributed by atoms with Gasteiger partial charge in [0.2, 0.25) is 0 Å². The van der Waals surface area contributed by atoms with Gasteiger partial charge in [0.05, 0.1) is 29.2 Å². The topological polar surface area (TPSA) is 111 Å². The lowest BCUT2D eigenvalue weighted by atomic mass is 10.1. The molecule has 0 unspecified atom stereocenters. The molecule has 3 rings (SSSR count). The molecular weight excluding hydrogens is 568 g/mol. The molecule has 208 valence electrons. The minimum atomic E-state index is -5.14. The lowest BCUT2D eigenvalue weighted by molar-refractivity contribution is -0.137. The molecule has 0 amide bonds. The van der Waals surface area contributed by atoms with E-state index in [0.29, 0.717) is 6.34 Å². The number of nitrogens with zero attached hydrogens (tertiary/aromatic N) is 4. The fraction of sp³-hybridized carbons (Fsp3) is 0.160. The third-order valence-corrected chi connectivity index (χ3v) is 5.25. The number of nitriles is 1. The van der Waals surface area contributed by atoms with Crippen LogP contribution < -0.4 is 10.3 Å². The van der Waals surface area contributed by atoms with Gasteiger partial charge < -0.3 is 9.64 Å². The van der Waals surface area contributed by atoms with Crippen LogP contribution >= 0.6 is 11.6 Å². The summed E-state index contributed by atoms with van der Waals surface area (Å²) in [7, 11) is 1.28. The maximum atomic E-state index is 13.7. The molecule has 0 bridgehead atoms. The molecule has 3 aromatic rings. The summed E-state index contributed by atoms with van der Waals surface area (Å²) in [6, 6.07) is 10.4. The number of carbonyl (C=O) groups is 1. The number of aldehydes is 1. The number of carbonyl (C=O) groups excluding carboxylic acids is 1. The van der Waals surface area contributed by atoms with Crippen molar-refractivity contribution < 1.29 is 35.9 Å². The van der Waals surface area contributed by atoms with E-state index in [1.165, 1.54) is 19.2 Å². The second kappa shape index (κ2) is 12.0. The Kier molecular flexibility index (Phi) is 9.00. The van der Waals surface area contributed by atoms with Crippen molar-refractivity contribution in [1.82, 2.24) is 15.1 Å². The summed E-state index contributed by atoms with van der Waals surface area (Å²) in [5.74, 6) is -1.52. The molecule has 15 heteroatoms. The van der Waals surface area contributed by atoms with Crippen LogP contribution in [0.1, 0.15) is 16.7 Å². The van der Waals surface area contributed by atoms with Gasteiger partial charge in [0.1, 0.15) is 5.75 Å². The van der Waals surface area contributed by atoms with Crippen LogP contribution in [-0.4, -0.2) is 40.9 Å². The van der Waals surface area contributed by atoms with Crippen LogP contribution in [0.2, 0.25) is 5.02 Å². The minimum Gasteiger partial charge on any atom is -0.452 e. The third-order valence-electron chi connectivity index (χ3n) is 5.03. The lowest BCUT2D eigenvalue weighted by Crippen LogP contribution is -2.24. The molecular formula is C25H16ClF6N5O3. The molecule has 0 saturated heterocycles. The van der Waals surface area contributed by atoms with Crippen molar-refractivity contribution in [3.05, 3.63) is 92.1 Å². The van der Waals surface area contributed by atoms with Crippen molar-refractivity contribution in [3.63, 3.8) is 0 Å². The summed E-state index contributed by atoms with van der Waals surface area (Å²) >= 11 is 5.82. The molecule has 0 spiro atoms. The summed E-state index contributed by atoms with van der Waals surface area (Å²) in [6.45, 7) is -0.294. The predicted molar refractivity (Wildman–Crippen MR) is 131 cm³/mol. The first-order valence-corrected chi connectivity index (χ1v) is 11.2. The molecule has 40 heavy (non-hydrogen) atoms. The van der Waals surface area contributed by atoms with Crippen LogP contribution in [0.3, 0.4) is 0 Å². The van der Waals surface area contributed by atoms with Gasteiger partial charge in [-0.3, -0.25) is 9.59 Å². The number of halogens is 7. The number of aromatic nitrogens is 2. The van der Waals surface area contributed by atoms with Crippen LogP contribution in [0.25, 0.3) is 11.3 Å². The molecule has 1 heterocycles. The summed E-state index contributed by atoms with van der Waals surface area (Å²) in [4.78, 5) is 28.1. The fourth-order valence-electron chi connectivity index (χ4n) is 3.22. The lowest BCUT2D eigenvalue weighted by Gasteiger charge is -2.15. The molecule has 8 nitrogen and oxygen atoms in total. The Hall–Kier alpha value is -4.64. The van der Waals surface area contributed by atoms with E-state index >= 15 is 0 Å². The fourth-order valence-corrected chi connectivity index (χ4v) is 3.45. The number of aliphatic imine (C=N–C) groups is 1. The SMILES string of the molecule is CN(/C=N\C(=C(/C=O)Oc1cc(Cl)cc(C#N)c1)C(F)(F)F)Cc1cc(-c2ccc(C(F)(F)F)cc2)n[nH]c1=O. The van der Waals surface area contributed by atoms with E-state index in [1.807, 2.05) is 0 Å². The van der Waals surface area contributed by atoms with Gasteiger partial charge in [-0.2, -0.15) is 36.7 Å². The summed E-state index contributed by atoms with van der Waals surface area (Å²) in [5.41, 5.74) is -2.95. The van der Waals surface area contributed by atoms with Gasteiger partial charge in [-0.25, -0.2) is 10.1 Å². The Balaban J connectivity index is 1.87. The Morgan fingerprint density at radius 3 is 2.40 bits per heavy atom. The maximum Gasteiger partial charge on any atom is 0.437 e. The van der Waals surface area contributed by atoms with Crippen LogP contribution in [-0.2, 0) is 17.5 Å². The van der Waals surface area contributed by atoms with Crippen molar-refractivity contribution in [2.75, 3.05) is 7.05 Å². The highest BCUT2D eigenvalue weighted by atomic mass is 35.5. The second-order valence-corrected chi connectivity index (χ2v) is 8.50. The van der Waals surface area contributed by atoms with Crippen LogP contribution in [0.4, 0.5) is 26.3 Å². The Labute approximate surface area is 226 Å². The van der Waals surface area contributed by atoms with Gasteiger partial charge >= 0.3 is 12.4 Å². The standard InChI is InChI=1S/C25H16ClF6N5O3/c1-37(11-16-8-20(35-36-23(16)39)15-2-4-17(5-3-15)24(27,28)29)13-34-22(25(30,31)32)21(12-38)40-19-7-14(10-33)6-18(26)9-19/h2-9,12-13H,11H2,1H3,(H,36,39)/b22-21+,34-13-. The van der Waals surface area contributed by atoms with E-state index in [0.717, 1.165) is 41.3 Å². The number of alkyl halides is 6. The molecule has 1 N–H and O–H groups in total. The molecule has 0 saturated carbocycles. The van der Waals surface area contributed by atoms with Crippen LogP contribution in [0, 0.1) is 11.3 Å². The number of nitrogens with one attached hydrogen (secondary N) is 1. The van der Waals surface area contributed by atoms with Crippen molar-refractivity contribution in [2.24, 2.45) is 4.99 Å². The number of rotatable bonds is 8. The second-order valence-electron chi connectivity index (χ2n) is 8.06. The zero-order chi connectivity index (χ0) is 29.7. The van der Waals surface area contributed by atoms with E-state index in [-0.39, 0.29) is 46.0 Å². The van der Waals surface area contributed by atoms with Gasteiger partial charge in [0, 0.05) is 29.7 Å². The highest BCUT2D eigenvalue weighted by Gasteiger charge is 2.38. The third kappa shape index (κ3) is 7.70. The number of H-pyrrole nitrogens is 1. The number of hydrogen-bond donors (Lipinski definition) is 1. The van der Waals surface area contributed by atoms with E-state index in [2.05, 4.69) is 15.2 Å². The van der Waals surface area contributed by atoms with E-state index < -0.39 is 34.9 Å². The first kappa shape index (κ1) is 29.9. The number of hydrogen-bond acceptors (Lipinski definition) is 6. The maximum absolute atomic E-state index is 13.7. The van der Waals surface area contributed by atoms with Crippen LogP contribution in [0.5, 0.6) is 5.75 Å². The summed E-state index contributed by atoms with van der Waals surface area (Å²) in [5, 5.41) is 15.0. The van der Waals surface area contributed by atoms with Crippen molar-refractivity contribution in [3.8, 4) is 23.1 Å². The summed E-state index contributed by atoms with van der Waals surface area (Å²) < 4.78 is 84.7. The van der Waals surface area contributed by atoms with E-state index in [1.54, 1.807) is 6.07 Å². The number of ether oxygens (including phenoxy) is 1. The molecule has 0 fully saturated rings. The molecule has 0 aliphatic carbocycles. The smallest absolute Gasteiger partial charge is 0.437 e. The van der Waals surface area contributed by atoms with Crippen molar-refractivity contribution in [2.45, 2.75) is 18.9 Å². The molecule has 0 aliphatic heterocycles. The molecule has 2 aromatic carbocycles. The molecule has 1 aromatic heterocycles. The van der Waals surface area contributed by atoms with Gasteiger partial charge in [0.25, 0.3) is 5.56 Å². The van der Waals surface area contributed by atoms with Gasteiger partial charge in [-0.1, -0.05) is 23.7 Å². The van der Waals surface area contributed by atoms with Crippen LogP contribution in [0.15, 0.2) is 69.8 Å². The van der Waals surface area contributed by atoms with Crippen molar-refractivity contribution in [1.29, 1.82) is 5.26 Å². The van der Waals surface area contributed by atoms with E-state index in [9.17, 15) is 35.9 Å². The Morgan fingerprint density at radius 2 is 1.82 bits per heavy atom. The summed E-state index contributed by atoms with van der Waals surface area (Å²) in [6.07, 6.45) is -9.20. The minimum absolute atomic E-state index is 0.00575. The number of benzene rings is 2. The first-order chi connectivity index (χ1) is 18.7. The Morgan fingerprint density at radius 1 is 1.15 bits per heavy atom. The largest absolute Gasteiger partial charge is 0.452 e. The average Bonchev–Trinajstić information content (AvgIpc) is 2.87. The van der Waals surface area contributed by atoms with Gasteiger partial charge in [0.15, 0.2) is 17.7 Å². The van der Waals surface area contributed by atoms with Gasteiger partial charge in [-0.05, 0) is 36.4 Å². The first-order valence-electron chi connectivity index (χ1n) is 10.9. The molecule has 0 atom stereocenters. The Bertz CT molecular complexity index is 1560. The van der Waals surface area contributed by atoms with Crippen molar-refractivity contribution >= 4 is 24.2 Å². The highest BCUT2D eigenvalue weighted by molar-refractivity contribution is 6.30. The normalized spacial score (nSPS) is 12.6. The monoisotopic (exact) mass is 583 g/mol. The number of allylic oxidation sites excluding steroid dienone is 2. The molecule has 0 radical (unpaired) electrons. The van der Waals surface area contributed by atoms with E-state index in [4.69, 9.17) is 21.6 Å².